The van der Waals surface area contributed by atoms with E-state index in [1.165, 1.54) is 0 Å². The van der Waals surface area contributed by atoms with Gasteiger partial charge in [0.15, 0.2) is 34.8 Å². The summed E-state index contributed by atoms with van der Waals surface area (Å²) in [5, 5.41) is 12.2. The zero-order valence-electron chi connectivity index (χ0n) is 49.2. The second kappa shape index (κ2) is 34.4. The van der Waals surface area contributed by atoms with Crippen molar-refractivity contribution in [2.75, 3.05) is 123 Å². The Morgan fingerprint density at radius 3 is 1.42 bits per heavy atom. The van der Waals surface area contributed by atoms with Crippen molar-refractivity contribution >= 4 is 85.1 Å². The normalized spacial score (nSPS) is 20.2. The van der Waals surface area contributed by atoms with Gasteiger partial charge >= 0.3 is 12.1 Å². The number of urea groups is 2. The van der Waals surface area contributed by atoms with Crippen LogP contribution >= 0.6 is 46.4 Å². The smallest absolute Gasteiger partial charge is 0.314 e. The van der Waals surface area contributed by atoms with E-state index in [9.17, 15) is 26.4 Å². The lowest BCUT2D eigenvalue weighted by atomic mass is 10.0. The van der Waals surface area contributed by atoms with E-state index in [2.05, 4.69) is 35.8 Å². The first kappa shape index (κ1) is 71.1. The number of nitrogens with two attached hydrogens (primary N) is 2. The lowest BCUT2D eigenvalue weighted by molar-refractivity contribution is 0.0516. The summed E-state index contributed by atoms with van der Waals surface area (Å²) in [7, 11) is -7.67. The molecule has 4 amide bonds. The zero-order valence-corrected chi connectivity index (χ0v) is 54.0. The van der Waals surface area contributed by atoms with Gasteiger partial charge in [-0.25, -0.2) is 48.7 Å². The van der Waals surface area contributed by atoms with Crippen LogP contribution in [0.15, 0.2) is 53.4 Å². The van der Waals surface area contributed by atoms with Crippen molar-refractivity contribution in [3.8, 4) is 11.5 Å². The molecule has 0 radical (unpaired) electrons. The number of carbonyl (C=O) groups is 2. The maximum absolute atomic E-state index is 15.7. The van der Waals surface area contributed by atoms with Crippen molar-refractivity contribution in [3.63, 3.8) is 0 Å². The number of rotatable bonds is 33. The summed E-state index contributed by atoms with van der Waals surface area (Å²) in [5.41, 5.74) is 15.0. The Hall–Kier alpha value is -4.76. The molecule has 0 bridgehead atoms. The summed E-state index contributed by atoms with van der Waals surface area (Å²) in [6, 6.07) is 8.06. The fourth-order valence-electron chi connectivity index (χ4n) is 11.4. The second-order valence-corrected chi connectivity index (χ2v) is 26.5. The third-order valence-electron chi connectivity index (χ3n) is 15.7. The molecule has 2 aliphatic heterocycles. The molecule has 2 fully saturated rings. The third kappa shape index (κ3) is 19.9. The Balaban J connectivity index is 0.614. The van der Waals surface area contributed by atoms with Gasteiger partial charge in [-0.05, 0) is 112 Å². The van der Waals surface area contributed by atoms with Gasteiger partial charge in [0.1, 0.15) is 12.2 Å². The molecule has 2 heterocycles. The lowest BCUT2D eigenvalue weighted by Gasteiger charge is -2.38. The Morgan fingerprint density at radius 2 is 0.989 bits per heavy atom. The van der Waals surface area contributed by atoms with E-state index in [1.54, 1.807) is 24.3 Å². The van der Waals surface area contributed by atoms with Gasteiger partial charge in [0.25, 0.3) is 0 Å². The van der Waals surface area contributed by atoms with Crippen LogP contribution in [0.25, 0.3) is 0 Å². The average Bonchev–Trinajstić information content (AvgIpc) is 1.69. The highest BCUT2D eigenvalue weighted by molar-refractivity contribution is 7.89. The quantitative estimate of drug-likeness (QED) is 0.0143. The molecule has 4 aromatic rings. The molecule has 90 heavy (non-hydrogen) atoms. The van der Waals surface area contributed by atoms with Crippen molar-refractivity contribution in [1.82, 2.24) is 35.8 Å². The third-order valence-corrected chi connectivity index (χ3v) is 19.0. The van der Waals surface area contributed by atoms with Crippen LogP contribution < -0.4 is 51.2 Å². The highest BCUT2D eigenvalue weighted by Gasteiger charge is 2.43. The molecule has 6 atom stereocenters. The molecule has 498 valence electrons. The number of carbonyl (C=O) groups excluding carboxylic acids is 2. The van der Waals surface area contributed by atoms with Crippen LogP contribution in [0, 0.1) is 23.3 Å². The molecule has 0 spiro atoms. The van der Waals surface area contributed by atoms with E-state index >= 15 is 17.6 Å². The standard InChI is InChI=1S/C58H76Cl4F4N10O12S2/c59-35-23-43-41(45(61)25-35)31-51(74-12-3-5-37(67)33-74)53(43)87-55-47(63)27-39(28-48(55)64)76(89(79)80)14-18-86-22-21-84-16-10-72-58(78)70-8-2-1-7-69-57(77)71-9-15-83-19-20-85-17-11-73-90(81,82)40-29-49(65)56(50(66)30-40)88-54-44-24-36(60)26-46(62)42(44)32-52(54)75-13-4-6-38(68)34-75/h23-30,37-38,51-54,73,89H,1-22,31-34,67-68H2,(H2,69,71,77)(H2,70,72,78)/t37-,38-,51+,52+,53+,54+/m1/s1. The van der Waals surface area contributed by atoms with Crippen molar-refractivity contribution in [2.45, 2.75) is 92.6 Å². The van der Waals surface area contributed by atoms with Gasteiger partial charge in [-0.15, -0.1) is 0 Å². The van der Waals surface area contributed by atoms with E-state index in [0.717, 1.165) is 53.2 Å². The number of amides is 4. The zero-order chi connectivity index (χ0) is 64.5. The van der Waals surface area contributed by atoms with Gasteiger partial charge in [0, 0.05) is 101 Å². The molecular formula is C58H76Cl4F4N10O12S2. The van der Waals surface area contributed by atoms with Gasteiger partial charge in [-0.3, -0.25) is 14.1 Å². The van der Waals surface area contributed by atoms with E-state index in [-0.39, 0.29) is 109 Å². The highest BCUT2D eigenvalue weighted by Crippen LogP contribution is 2.46. The summed E-state index contributed by atoms with van der Waals surface area (Å²) in [6.45, 7) is 3.69. The van der Waals surface area contributed by atoms with Crippen molar-refractivity contribution in [1.29, 1.82) is 0 Å². The first-order chi connectivity index (χ1) is 43.2. The maximum atomic E-state index is 15.7. The number of benzene rings is 4. The van der Waals surface area contributed by atoms with E-state index in [4.69, 9.17) is 86.3 Å². The largest absolute Gasteiger partial charge is 0.478 e. The number of anilines is 1. The van der Waals surface area contributed by atoms with Gasteiger partial charge in [-0.1, -0.05) is 46.4 Å². The number of likely N-dealkylation sites (tertiary alicyclic amines) is 2. The Labute approximate surface area is 542 Å². The van der Waals surface area contributed by atoms with E-state index in [1.807, 2.05) is 0 Å². The topological polar surface area (TPSA) is 280 Å². The van der Waals surface area contributed by atoms with Gasteiger partial charge in [-0.2, -0.15) is 0 Å². The van der Waals surface area contributed by atoms with Crippen molar-refractivity contribution < 1.29 is 72.4 Å². The van der Waals surface area contributed by atoms with Crippen LogP contribution in [0.1, 0.15) is 73.0 Å². The molecule has 0 saturated carbocycles. The number of nitrogens with one attached hydrogen (secondary N) is 5. The molecule has 2 saturated heterocycles. The number of hydrogen-bond donors (Lipinski definition) is 8. The number of thiol groups is 1. The molecule has 2 aliphatic carbocycles. The van der Waals surface area contributed by atoms with E-state index in [0.29, 0.717) is 108 Å². The minimum absolute atomic E-state index is 0.0669. The van der Waals surface area contributed by atoms with Crippen LogP contribution in [0.3, 0.4) is 0 Å². The molecule has 8 rings (SSSR count). The minimum atomic E-state index is -4.35. The molecule has 9 N–H and O–H groups in total. The summed E-state index contributed by atoms with van der Waals surface area (Å²) >= 11 is 25.8. The number of halogens is 8. The SMILES string of the molecule is N[C@@H]1CCCN([C@H]2Cc3c(Cl)cc(Cl)cc3[C@@H]2Oc2c(F)cc(N(CCOCCOCCNC(=O)NCCCCNC(=O)NCCOCCOCCNS(=O)(=O)c3cc(F)c(O[C@H]4c5cc(Cl)cc(Cl)c5C[C@@H]4N4CCC[C@@H](N)C4)c(F)c3)[SH](=O)=O)cc2F)C1. The van der Waals surface area contributed by atoms with Crippen LogP contribution in [-0.2, 0) is 52.7 Å². The number of hydrogen-bond acceptors (Lipinski definition) is 16. The van der Waals surface area contributed by atoms with Crippen LogP contribution in [0.5, 0.6) is 11.5 Å². The van der Waals surface area contributed by atoms with Gasteiger partial charge in [0.2, 0.25) is 20.9 Å². The highest BCUT2D eigenvalue weighted by atomic mass is 35.5. The molecule has 0 aromatic heterocycles. The summed E-state index contributed by atoms with van der Waals surface area (Å²) in [4.78, 5) is 28.0. The first-order valence-electron chi connectivity index (χ1n) is 29.7. The average molecular weight is 1390 g/mol. The van der Waals surface area contributed by atoms with Crippen LogP contribution in [0.2, 0.25) is 20.1 Å². The van der Waals surface area contributed by atoms with Crippen LogP contribution in [0.4, 0.5) is 32.8 Å². The molecule has 4 aliphatic rings. The summed E-state index contributed by atoms with van der Waals surface area (Å²) in [5.74, 6) is -6.01. The number of piperidine rings is 2. The molecule has 0 unspecified atom stereocenters. The van der Waals surface area contributed by atoms with Crippen molar-refractivity contribution in [3.05, 3.63) is 114 Å². The number of sulfonamides is 1. The predicted molar refractivity (Wildman–Crippen MR) is 333 cm³/mol. The fourth-order valence-corrected chi connectivity index (χ4v) is 14.1. The number of nitrogens with zero attached hydrogens (tertiary/aromatic N) is 3. The summed E-state index contributed by atoms with van der Waals surface area (Å²) in [6.07, 6.45) is 3.74. The molecule has 32 heteroatoms. The monoisotopic (exact) mass is 1380 g/mol. The van der Waals surface area contributed by atoms with E-state index < -0.39 is 84.8 Å². The Morgan fingerprint density at radius 1 is 0.578 bits per heavy atom. The Kier molecular flexibility index (Phi) is 27.2. The minimum Gasteiger partial charge on any atom is -0.478 e. The summed E-state index contributed by atoms with van der Waals surface area (Å²) < 4.78 is 150. The first-order valence-corrected chi connectivity index (χ1v) is 33.8. The lowest BCUT2D eigenvalue weighted by Crippen LogP contribution is -2.49. The fraction of sp³-hybridized carbons (Fsp3) is 0.552. The predicted octanol–water partition coefficient (Wildman–Crippen LogP) is 6.55. The van der Waals surface area contributed by atoms with Gasteiger partial charge in [0.05, 0.1) is 82.1 Å². The van der Waals surface area contributed by atoms with Crippen LogP contribution in [-0.4, -0.2) is 181 Å². The molecule has 22 nitrogen and oxygen atoms in total. The molecule has 4 aromatic carbocycles. The Bertz CT molecular complexity index is 3250. The number of ether oxygens (including phenoxy) is 6. The maximum Gasteiger partial charge on any atom is 0.314 e. The second-order valence-electron chi connectivity index (χ2n) is 22.1. The van der Waals surface area contributed by atoms with Crippen molar-refractivity contribution in [2.24, 2.45) is 11.5 Å². The van der Waals surface area contributed by atoms with Gasteiger partial charge < -0.3 is 61.2 Å². The molecular weight excluding hydrogens is 1310 g/mol. The number of unbranched alkanes of at least 4 members (excludes halogenated alkanes) is 1. The number of fused-ring (bicyclic) bond motifs is 2.